The molecule has 0 radical (unpaired) electrons. The summed E-state index contributed by atoms with van der Waals surface area (Å²) >= 11 is 0. The molecular weight excluding hydrogens is 366 g/mol. The van der Waals surface area contributed by atoms with Crippen LogP contribution in [0, 0.1) is 0 Å². The van der Waals surface area contributed by atoms with Crippen molar-refractivity contribution in [2.45, 2.75) is 13.2 Å². The van der Waals surface area contributed by atoms with Gasteiger partial charge in [0.25, 0.3) is 0 Å². The van der Waals surface area contributed by atoms with Gasteiger partial charge in [-0.05, 0) is 36.6 Å². The van der Waals surface area contributed by atoms with Gasteiger partial charge in [-0.25, -0.2) is 9.59 Å². The van der Waals surface area contributed by atoms with E-state index in [2.05, 4.69) is 11.9 Å². The van der Waals surface area contributed by atoms with Crippen molar-refractivity contribution in [3.63, 3.8) is 0 Å². The van der Waals surface area contributed by atoms with E-state index in [1.807, 2.05) is 6.07 Å². The Morgan fingerprint density at radius 1 is 1.21 bits per heavy atom. The molecule has 2 aromatic carbocycles. The molecule has 0 saturated heterocycles. The molecule has 150 valence electrons. The Morgan fingerprint density at radius 2 is 2.04 bits per heavy atom. The summed E-state index contributed by atoms with van der Waals surface area (Å²) in [6.45, 7) is 5.64. The van der Waals surface area contributed by atoms with Crippen LogP contribution in [0.15, 0.2) is 49.1 Å². The van der Waals surface area contributed by atoms with Crippen LogP contribution < -0.4 is 14.8 Å². The van der Waals surface area contributed by atoms with Crippen molar-refractivity contribution < 1.29 is 33.6 Å². The smallest absolute Gasteiger partial charge is 0.412 e. The van der Waals surface area contributed by atoms with Crippen LogP contribution in [-0.2, 0) is 14.3 Å². The van der Waals surface area contributed by atoms with Gasteiger partial charge in [0, 0.05) is 18.0 Å². The molecule has 0 bridgehead atoms. The molecule has 28 heavy (non-hydrogen) atoms. The maximum atomic E-state index is 11.9. The average Bonchev–Trinajstić information content (AvgIpc) is 2.66. The number of hydrogen-bond acceptors (Lipinski definition) is 7. The van der Waals surface area contributed by atoms with Gasteiger partial charge in [-0.2, -0.15) is 0 Å². The van der Waals surface area contributed by atoms with E-state index in [9.17, 15) is 14.7 Å². The third-order valence-electron chi connectivity index (χ3n) is 3.47. The van der Waals surface area contributed by atoms with Gasteiger partial charge >= 0.3 is 12.1 Å². The van der Waals surface area contributed by atoms with E-state index in [-0.39, 0.29) is 26.4 Å². The number of amides is 1. The number of carbonyl (C=O) groups is 2. The van der Waals surface area contributed by atoms with Crippen LogP contribution in [0.2, 0.25) is 0 Å². The van der Waals surface area contributed by atoms with Crippen molar-refractivity contribution in [1.29, 1.82) is 0 Å². The Labute approximate surface area is 162 Å². The summed E-state index contributed by atoms with van der Waals surface area (Å²) in [6, 6.07) is 10.5. The molecular formula is C20H23NO7. The second-order valence-electron chi connectivity index (χ2n) is 5.66. The zero-order valence-electron chi connectivity index (χ0n) is 15.6. The zero-order valence-corrected chi connectivity index (χ0v) is 15.6. The van der Waals surface area contributed by atoms with E-state index in [1.165, 1.54) is 6.92 Å². The van der Waals surface area contributed by atoms with Crippen LogP contribution in [0.25, 0.3) is 10.8 Å². The average molecular weight is 389 g/mol. The molecule has 0 spiro atoms. The standard InChI is InChI=1S/C20H23NO7/c1-3-19(23)26-12-11-25-10-9-21-20(24)28-16-7-8-17-15(13-16)5-4-6-18(17)27-14(2)22/h3-8,13-14,22H,1,9-12H2,2H3,(H,21,24). The molecule has 8 nitrogen and oxygen atoms in total. The van der Waals surface area contributed by atoms with Crippen molar-refractivity contribution >= 4 is 22.8 Å². The number of aliphatic hydroxyl groups excluding tert-OH is 1. The highest BCUT2D eigenvalue weighted by atomic mass is 16.6. The Morgan fingerprint density at radius 3 is 2.79 bits per heavy atom. The molecule has 0 fully saturated rings. The number of ether oxygens (including phenoxy) is 4. The van der Waals surface area contributed by atoms with Gasteiger partial charge in [0.15, 0.2) is 6.29 Å². The first-order chi connectivity index (χ1) is 13.5. The zero-order chi connectivity index (χ0) is 20.4. The number of rotatable bonds is 10. The lowest BCUT2D eigenvalue weighted by molar-refractivity contribution is -0.139. The lowest BCUT2D eigenvalue weighted by Gasteiger charge is -2.12. The van der Waals surface area contributed by atoms with E-state index in [0.717, 1.165) is 16.8 Å². The van der Waals surface area contributed by atoms with Crippen LogP contribution in [0.5, 0.6) is 11.5 Å². The minimum absolute atomic E-state index is 0.118. The van der Waals surface area contributed by atoms with Gasteiger partial charge in [-0.3, -0.25) is 0 Å². The van der Waals surface area contributed by atoms with E-state index < -0.39 is 18.4 Å². The van der Waals surface area contributed by atoms with Gasteiger partial charge < -0.3 is 29.4 Å². The highest BCUT2D eigenvalue weighted by Crippen LogP contribution is 2.29. The summed E-state index contributed by atoms with van der Waals surface area (Å²) < 4.78 is 20.6. The van der Waals surface area contributed by atoms with Gasteiger partial charge in [0.05, 0.1) is 13.2 Å². The number of hydrogen-bond donors (Lipinski definition) is 2. The van der Waals surface area contributed by atoms with Crippen LogP contribution in [0.4, 0.5) is 4.79 Å². The molecule has 1 atom stereocenters. The lowest BCUT2D eigenvalue weighted by atomic mass is 10.1. The molecule has 0 aliphatic heterocycles. The molecule has 1 unspecified atom stereocenters. The normalized spacial score (nSPS) is 11.5. The first kappa shape index (κ1) is 21.2. The summed E-state index contributed by atoms with van der Waals surface area (Å²) in [5.74, 6) is 0.404. The van der Waals surface area contributed by atoms with Gasteiger partial charge in [0.2, 0.25) is 0 Å². The fraction of sp³-hybridized carbons (Fsp3) is 0.300. The highest BCUT2D eigenvalue weighted by Gasteiger charge is 2.08. The third kappa shape index (κ3) is 6.90. The molecule has 0 saturated carbocycles. The predicted octanol–water partition coefficient (Wildman–Crippen LogP) is 2.39. The van der Waals surface area contributed by atoms with Crippen LogP contribution >= 0.6 is 0 Å². The number of nitrogens with one attached hydrogen (secondary N) is 1. The number of esters is 1. The van der Waals surface area contributed by atoms with Gasteiger partial charge in [-0.15, -0.1) is 0 Å². The molecule has 8 heteroatoms. The molecule has 1 amide bonds. The lowest BCUT2D eigenvalue weighted by Crippen LogP contribution is -2.30. The van der Waals surface area contributed by atoms with E-state index in [1.54, 1.807) is 30.3 Å². The summed E-state index contributed by atoms with van der Waals surface area (Å²) in [5, 5.41) is 13.5. The minimum Gasteiger partial charge on any atom is -0.465 e. The van der Waals surface area contributed by atoms with Gasteiger partial charge in [-0.1, -0.05) is 18.7 Å². The minimum atomic E-state index is -0.927. The largest absolute Gasteiger partial charge is 0.465 e. The quantitative estimate of drug-likeness (QED) is 0.278. The number of carbonyl (C=O) groups excluding carboxylic acids is 2. The first-order valence-electron chi connectivity index (χ1n) is 8.69. The molecule has 2 N–H and O–H groups in total. The predicted molar refractivity (Wildman–Crippen MR) is 102 cm³/mol. The Kier molecular flexibility index (Phi) is 8.26. The maximum Gasteiger partial charge on any atom is 0.412 e. The van der Waals surface area contributed by atoms with Crippen molar-refractivity contribution in [3.05, 3.63) is 49.1 Å². The summed E-state index contributed by atoms with van der Waals surface area (Å²) in [7, 11) is 0. The fourth-order valence-corrected chi connectivity index (χ4v) is 2.31. The van der Waals surface area contributed by atoms with Crippen LogP contribution in [-0.4, -0.2) is 49.8 Å². The van der Waals surface area contributed by atoms with Crippen molar-refractivity contribution in [3.8, 4) is 11.5 Å². The Hall–Kier alpha value is -3.10. The van der Waals surface area contributed by atoms with Crippen molar-refractivity contribution in [2.24, 2.45) is 0 Å². The Bertz CT molecular complexity index is 819. The second-order valence-corrected chi connectivity index (χ2v) is 5.66. The van der Waals surface area contributed by atoms with Crippen molar-refractivity contribution in [1.82, 2.24) is 5.32 Å². The topological polar surface area (TPSA) is 103 Å². The number of benzene rings is 2. The van der Waals surface area contributed by atoms with Crippen molar-refractivity contribution in [2.75, 3.05) is 26.4 Å². The van der Waals surface area contributed by atoms with E-state index in [0.29, 0.717) is 11.5 Å². The number of fused-ring (bicyclic) bond motifs is 1. The third-order valence-corrected chi connectivity index (χ3v) is 3.47. The van der Waals surface area contributed by atoms with E-state index in [4.69, 9.17) is 18.9 Å². The second kappa shape index (κ2) is 10.9. The molecule has 0 aliphatic rings. The summed E-state index contributed by atoms with van der Waals surface area (Å²) in [5.41, 5.74) is 0. The SMILES string of the molecule is C=CC(=O)OCCOCCNC(=O)Oc1ccc2c(OC(C)O)cccc2c1. The molecule has 0 aliphatic carbocycles. The van der Waals surface area contributed by atoms with Gasteiger partial charge in [0.1, 0.15) is 18.1 Å². The van der Waals surface area contributed by atoms with Crippen LogP contribution in [0.3, 0.4) is 0 Å². The first-order valence-corrected chi connectivity index (χ1v) is 8.69. The summed E-state index contributed by atoms with van der Waals surface area (Å²) in [6.07, 6.45) is -0.466. The maximum absolute atomic E-state index is 11.9. The highest BCUT2D eigenvalue weighted by molar-refractivity contribution is 5.90. The molecule has 0 heterocycles. The van der Waals surface area contributed by atoms with E-state index >= 15 is 0 Å². The van der Waals surface area contributed by atoms with Crippen LogP contribution in [0.1, 0.15) is 6.92 Å². The monoisotopic (exact) mass is 389 g/mol. The molecule has 2 rings (SSSR count). The molecule has 0 aromatic heterocycles. The Balaban J connectivity index is 1.77. The molecule has 2 aromatic rings. The fourth-order valence-electron chi connectivity index (χ4n) is 2.31. The summed E-state index contributed by atoms with van der Waals surface area (Å²) in [4.78, 5) is 22.7. The number of aliphatic hydroxyl groups is 1.